The second-order valence-electron chi connectivity index (χ2n) is 6.26. The molecule has 3 rings (SSSR count). The number of hydrogen-bond acceptors (Lipinski definition) is 5. The third-order valence-electron chi connectivity index (χ3n) is 4.55. The van der Waals surface area contributed by atoms with Crippen LogP contribution in [-0.2, 0) is 13.1 Å². The number of hydrogen-bond donors (Lipinski definition) is 2. The summed E-state index contributed by atoms with van der Waals surface area (Å²) in [6.45, 7) is 4.00. The molecular weight excluding hydrogens is 332 g/mol. The van der Waals surface area contributed by atoms with Gasteiger partial charge >= 0.3 is 6.09 Å². The van der Waals surface area contributed by atoms with Crippen molar-refractivity contribution in [2.24, 2.45) is 0 Å². The molecule has 0 radical (unpaired) electrons. The summed E-state index contributed by atoms with van der Waals surface area (Å²) in [6, 6.07) is 11.9. The van der Waals surface area contributed by atoms with Crippen LogP contribution in [0.1, 0.15) is 11.1 Å². The number of anilines is 1. The lowest BCUT2D eigenvalue weighted by Crippen LogP contribution is -2.47. The van der Waals surface area contributed by atoms with Crippen LogP contribution in [0.3, 0.4) is 0 Å². The van der Waals surface area contributed by atoms with Gasteiger partial charge in [-0.2, -0.15) is 0 Å². The fraction of sp³-hybridized carbons (Fsp3) is 0.368. The molecule has 1 amide bonds. The third kappa shape index (κ3) is 4.64. The minimum absolute atomic E-state index is 0.546. The van der Waals surface area contributed by atoms with Gasteiger partial charge in [0.1, 0.15) is 11.6 Å². The molecule has 0 spiro atoms. The summed E-state index contributed by atoms with van der Waals surface area (Å²) in [5.41, 5.74) is 2.27. The van der Waals surface area contributed by atoms with Gasteiger partial charge in [-0.05, 0) is 23.8 Å². The van der Waals surface area contributed by atoms with Crippen molar-refractivity contribution in [2.75, 3.05) is 38.6 Å². The Morgan fingerprint density at radius 2 is 1.92 bits per heavy atom. The maximum absolute atomic E-state index is 11.0. The highest BCUT2D eigenvalue weighted by molar-refractivity contribution is 5.65. The van der Waals surface area contributed by atoms with E-state index in [4.69, 9.17) is 9.84 Å². The SMILES string of the molecule is COc1ccc(CNc2ncccc2CN2CCN(C(=O)O)CC2)cc1. The number of ether oxygens (including phenoxy) is 1. The predicted octanol–water partition coefficient (Wildman–Crippen LogP) is 2.50. The van der Waals surface area contributed by atoms with Gasteiger partial charge in [0.25, 0.3) is 0 Å². The quantitative estimate of drug-likeness (QED) is 0.828. The predicted molar refractivity (Wildman–Crippen MR) is 99.4 cm³/mol. The molecule has 0 aliphatic carbocycles. The Morgan fingerprint density at radius 3 is 2.58 bits per heavy atom. The second-order valence-corrected chi connectivity index (χ2v) is 6.26. The first-order chi connectivity index (χ1) is 12.7. The molecule has 2 N–H and O–H groups in total. The number of nitrogens with one attached hydrogen (secondary N) is 1. The Hall–Kier alpha value is -2.80. The van der Waals surface area contributed by atoms with Crippen molar-refractivity contribution in [3.63, 3.8) is 0 Å². The van der Waals surface area contributed by atoms with E-state index in [2.05, 4.69) is 21.3 Å². The number of rotatable bonds is 6. The van der Waals surface area contributed by atoms with Gasteiger partial charge in [0, 0.05) is 51.0 Å². The van der Waals surface area contributed by atoms with Gasteiger partial charge in [-0.3, -0.25) is 4.90 Å². The Bertz CT molecular complexity index is 728. The van der Waals surface area contributed by atoms with Gasteiger partial charge in [-0.25, -0.2) is 9.78 Å². The molecular formula is C19H24N4O3. The van der Waals surface area contributed by atoms with E-state index in [9.17, 15) is 4.79 Å². The van der Waals surface area contributed by atoms with Gasteiger partial charge in [0.05, 0.1) is 7.11 Å². The molecule has 1 fully saturated rings. The van der Waals surface area contributed by atoms with E-state index in [1.807, 2.05) is 30.3 Å². The first-order valence-corrected chi connectivity index (χ1v) is 8.66. The summed E-state index contributed by atoms with van der Waals surface area (Å²) >= 11 is 0. The third-order valence-corrected chi connectivity index (χ3v) is 4.55. The number of pyridine rings is 1. The first-order valence-electron chi connectivity index (χ1n) is 8.66. The molecule has 0 bridgehead atoms. The molecule has 7 heteroatoms. The fourth-order valence-corrected chi connectivity index (χ4v) is 2.99. The zero-order valence-corrected chi connectivity index (χ0v) is 14.9. The molecule has 7 nitrogen and oxygen atoms in total. The molecule has 1 aromatic heterocycles. The van der Waals surface area contributed by atoms with E-state index in [1.54, 1.807) is 13.3 Å². The number of nitrogens with zero attached hydrogens (tertiary/aromatic N) is 3. The van der Waals surface area contributed by atoms with E-state index >= 15 is 0 Å². The smallest absolute Gasteiger partial charge is 0.407 e. The molecule has 1 aliphatic heterocycles. The largest absolute Gasteiger partial charge is 0.497 e. The van der Waals surface area contributed by atoms with Crippen molar-refractivity contribution in [2.45, 2.75) is 13.1 Å². The minimum atomic E-state index is -0.840. The second kappa shape index (κ2) is 8.53. The summed E-state index contributed by atoms with van der Waals surface area (Å²) in [6.07, 6.45) is 0.940. The highest BCUT2D eigenvalue weighted by atomic mass is 16.5. The Labute approximate surface area is 153 Å². The van der Waals surface area contributed by atoms with Crippen molar-refractivity contribution >= 4 is 11.9 Å². The zero-order valence-electron chi connectivity index (χ0n) is 14.9. The highest BCUT2D eigenvalue weighted by Gasteiger charge is 2.21. The van der Waals surface area contributed by atoms with Crippen molar-refractivity contribution in [1.82, 2.24) is 14.8 Å². The summed E-state index contributed by atoms with van der Waals surface area (Å²) in [7, 11) is 1.66. The number of piperazine rings is 1. The summed E-state index contributed by atoms with van der Waals surface area (Å²) in [4.78, 5) is 19.2. The average molecular weight is 356 g/mol. The van der Waals surface area contributed by atoms with Crippen LogP contribution in [-0.4, -0.2) is 59.3 Å². The summed E-state index contributed by atoms with van der Waals surface area (Å²) in [5.74, 6) is 1.71. The topological polar surface area (TPSA) is 77.9 Å². The lowest BCUT2D eigenvalue weighted by Gasteiger charge is -2.33. The summed E-state index contributed by atoms with van der Waals surface area (Å²) < 4.78 is 5.18. The number of carboxylic acid groups (broad SMARTS) is 1. The lowest BCUT2D eigenvalue weighted by atomic mass is 10.2. The van der Waals surface area contributed by atoms with E-state index in [0.717, 1.165) is 42.3 Å². The number of methoxy groups -OCH3 is 1. The normalized spacial score (nSPS) is 14.9. The molecule has 26 heavy (non-hydrogen) atoms. The molecule has 2 aromatic rings. The first kappa shape index (κ1) is 18.0. The monoisotopic (exact) mass is 356 g/mol. The van der Waals surface area contributed by atoms with Crippen LogP contribution < -0.4 is 10.1 Å². The van der Waals surface area contributed by atoms with Crippen LogP contribution in [0.2, 0.25) is 0 Å². The molecule has 0 unspecified atom stereocenters. The number of benzene rings is 1. The molecule has 138 valence electrons. The minimum Gasteiger partial charge on any atom is -0.497 e. The van der Waals surface area contributed by atoms with Gasteiger partial charge in [0.2, 0.25) is 0 Å². The highest BCUT2D eigenvalue weighted by Crippen LogP contribution is 2.18. The number of aromatic nitrogens is 1. The Kier molecular flexibility index (Phi) is 5.91. The van der Waals surface area contributed by atoms with Crippen molar-refractivity contribution in [1.29, 1.82) is 0 Å². The van der Waals surface area contributed by atoms with Gasteiger partial charge in [0.15, 0.2) is 0 Å². The number of amides is 1. The Balaban J connectivity index is 1.58. The maximum atomic E-state index is 11.0. The van der Waals surface area contributed by atoms with Crippen molar-refractivity contribution in [3.8, 4) is 5.75 Å². The van der Waals surface area contributed by atoms with Gasteiger partial charge in [-0.1, -0.05) is 18.2 Å². The molecule has 0 saturated carbocycles. The zero-order chi connectivity index (χ0) is 18.4. The number of carbonyl (C=O) groups is 1. The van der Waals surface area contributed by atoms with Crippen LogP contribution in [0.25, 0.3) is 0 Å². The standard InChI is InChI=1S/C19H24N4O3/c1-26-17-6-4-15(5-7-17)13-21-18-16(3-2-8-20-18)14-22-9-11-23(12-10-22)19(24)25/h2-8H,9-14H2,1H3,(H,20,21)(H,24,25). The van der Waals surface area contributed by atoms with Crippen LogP contribution in [0, 0.1) is 0 Å². The molecule has 1 saturated heterocycles. The fourth-order valence-electron chi connectivity index (χ4n) is 2.99. The lowest BCUT2D eigenvalue weighted by molar-refractivity contribution is 0.103. The van der Waals surface area contributed by atoms with Gasteiger partial charge < -0.3 is 20.1 Å². The van der Waals surface area contributed by atoms with Crippen LogP contribution in [0.15, 0.2) is 42.6 Å². The van der Waals surface area contributed by atoms with Crippen LogP contribution >= 0.6 is 0 Å². The van der Waals surface area contributed by atoms with Gasteiger partial charge in [-0.15, -0.1) is 0 Å². The average Bonchev–Trinajstić information content (AvgIpc) is 2.68. The summed E-state index contributed by atoms with van der Waals surface area (Å²) in [5, 5.41) is 12.4. The van der Waals surface area contributed by atoms with Crippen LogP contribution in [0.4, 0.5) is 10.6 Å². The van der Waals surface area contributed by atoms with Crippen molar-refractivity contribution < 1.29 is 14.6 Å². The van der Waals surface area contributed by atoms with Crippen LogP contribution in [0.5, 0.6) is 5.75 Å². The molecule has 0 atom stereocenters. The van der Waals surface area contributed by atoms with E-state index in [-0.39, 0.29) is 0 Å². The molecule has 2 heterocycles. The maximum Gasteiger partial charge on any atom is 0.407 e. The van der Waals surface area contributed by atoms with E-state index in [0.29, 0.717) is 19.6 Å². The van der Waals surface area contributed by atoms with E-state index < -0.39 is 6.09 Å². The van der Waals surface area contributed by atoms with E-state index in [1.165, 1.54) is 4.90 Å². The van der Waals surface area contributed by atoms with Crippen molar-refractivity contribution in [3.05, 3.63) is 53.7 Å². The molecule has 1 aliphatic rings. The Morgan fingerprint density at radius 1 is 1.19 bits per heavy atom. The molecule has 1 aromatic carbocycles.